The Kier molecular flexibility index (Phi) is 8.28. The van der Waals surface area contributed by atoms with E-state index in [1.165, 1.54) is 25.6 Å². The van der Waals surface area contributed by atoms with Crippen LogP contribution >= 0.6 is 0 Å². The highest BCUT2D eigenvalue weighted by molar-refractivity contribution is 5.81. The van der Waals surface area contributed by atoms with Gasteiger partial charge in [-0.05, 0) is 68.9 Å². The van der Waals surface area contributed by atoms with Gasteiger partial charge < -0.3 is 22.1 Å². The zero-order valence-corrected chi connectivity index (χ0v) is 23.0. The lowest BCUT2D eigenvalue weighted by atomic mass is 9.77. The Morgan fingerprint density at radius 2 is 2.05 bits per heavy atom. The van der Waals surface area contributed by atoms with E-state index in [1.807, 2.05) is 0 Å². The van der Waals surface area contributed by atoms with E-state index in [9.17, 15) is 9.18 Å². The van der Waals surface area contributed by atoms with Crippen LogP contribution in [0, 0.1) is 16.7 Å². The first-order chi connectivity index (χ1) is 17.7. The summed E-state index contributed by atoms with van der Waals surface area (Å²) in [6.07, 6.45) is 8.61. The first-order valence-corrected chi connectivity index (χ1v) is 14.9. The van der Waals surface area contributed by atoms with Crippen molar-refractivity contribution in [2.45, 2.75) is 108 Å². The van der Waals surface area contributed by atoms with Gasteiger partial charge in [0.1, 0.15) is 6.17 Å². The summed E-state index contributed by atoms with van der Waals surface area (Å²) in [5.74, 6) is -0.793. The topological polar surface area (TPSA) is 112 Å². The van der Waals surface area contributed by atoms with E-state index in [-0.39, 0.29) is 22.8 Å². The summed E-state index contributed by atoms with van der Waals surface area (Å²) in [5, 5.41) is 6.84. The van der Waals surface area contributed by atoms with E-state index in [0.29, 0.717) is 18.5 Å². The minimum atomic E-state index is -1.09. The highest BCUT2D eigenvalue weighted by atomic mass is 19.1. The van der Waals surface area contributed by atoms with Crippen LogP contribution in [-0.4, -0.2) is 97.7 Å². The number of hydrogen-bond acceptors (Lipinski definition) is 7. The number of fused-ring (bicyclic) bond motifs is 2. The Labute approximate surface area is 222 Å². The molecule has 4 fully saturated rings. The molecule has 5 rings (SSSR count). The number of halogens is 1. The van der Waals surface area contributed by atoms with E-state index in [4.69, 9.17) is 11.5 Å². The number of hydrogen-bond donors (Lipinski definition) is 4. The molecule has 1 saturated carbocycles. The molecule has 0 aromatic carbocycles. The molecular weight excluding hydrogens is 469 g/mol. The number of unbranched alkanes of at least 4 members (excludes halogenated alkanes) is 1. The number of nitrogens with two attached hydrogens (primary N) is 2. The highest BCUT2D eigenvalue weighted by Gasteiger charge is 2.64. The Hall–Kier alpha value is -1.13. The predicted molar refractivity (Wildman–Crippen MR) is 146 cm³/mol. The number of alkyl halides is 1. The van der Waals surface area contributed by atoms with Crippen LogP contribution in [0.2, 0.25) is 0 Å². The molecule has 37 heavy (non-hydrogen) atoms. The fourth-order valence-electron chi connectivity index (χ4n) is 8.31. The molecule has 5 aliphatic rings. The van der Waals surface area contributed by atoms with Gasteiger partial charge in [-0.25, -0.2) is 4.39 Å². The summed E-state index contributed by atoms with van der Waals surface area (Å²) in [5.41, 5.74) is 12.6. The van der Waals surface area contributed by atoms with Gasteiger partial charge in [-0.2, -0.15) is 0 Å². The van der Waals surface area contributed by atoms with E-state index >= 15 is 0 Å². The number of aliphatic imine (C=N–C) groups is 1. The average Bonchev–Trinajstić information content (AvgIpc) is 3.16. The fraction of sp³-hybridized carbons (Fsp3) is 0.929. The zero-order valence-electron chi connectivity index (χ0n) is 23.0. The van der Waals surface area contributed by atoms with E-state index in [0.717, 1.165) is 71.2 Å². The number of piperidine rings is 1. The molecule has 3 saturated heterocycles. The summed E-state index contributed by atoms with van der Waals surface area (Å²) < 4.78 is 14.9. The second kappa shape index (κ2) is 11.2. The monoisotopic (exact) mass is 519 g/mol. The van der Waals surface area contributed by atoms with Crippen LogP contribution in [0.25, 0.3) is 0 Å². The number of nitrogens with one attached hydrogen (secondary N) is 2. The summed E-state index contributed by atoms with van der Waals surface area (Å²) in [6, 6.07) is 0.563. The summed E-state index contributed by atoms with van der Waals surface area (Å²) >= 11 is 0. The molecule has 0 spiro atoms. The van der Waals surface area contributed by atoms with E-state index < -0.39 is 24.3 Å². The normalized spacial score (nSPS) is 41.5. The van der Waals surface area contributed by atoms with Crippen molar-refractivity contribution in [2.24, 2.45) is 33.2 Å². The minimum Gasteiger partial charge on any atom is -0.350 e. The van der Waals surface area contributed by atoms with Gasteiger partial charge in [0, 0.05) is 44.5 Å². The molecule has 4 heterocycles. The van der Waals surface area contributed by atoms with Crippen LogP contribution in [0.3, 0.4) is 0 Å². The van der Waals surface area contributed by atoms with Crippen molar-refractivity contribution in [2.75, 3.05) is 39.3 Å². The maximum atomic E-state index is 14.9. The van der Waals surface area contributed by atoms with Gasteiger partial charge in [0.15, 0.2) is 0 Å². The number of piperazine rings is 1. The van der Waals surface area contributed by atoms with Crippen molar-refractivity contribution in [3.8, 4) is 0 Å². The number of amides is 1. The second-order valence-electron chi connectivity index (χ2n) is 13.0. The molecule has 4 aliphatic heterocycles. The maximum Gasteiger partial charge on any atom is 0.228 e. The molecule has 8 atom stereocenters. The third-order valence-electron chi connectivity index (χ3n) is 10.6. The van der Waals surface area contributed by atoms with Gasteiger partial charge in [0.05, 0.1) is 24.2 Å². The summed E-state index contributed by atoms with van der Waals surface area (Å²) in [4.78, 5) is 23.8. The second-order valence-corrected chi connectivity index (χ2v) is 13.0. The molecule has 7 unspecified atom stereocenters. The first-order valence-electron chi connectivity index (χ1n) is 14.9. The average molecular weight is 520 g/mol. The van der Waals surface area contributed by atoms with Gasteiger partial charge in [-0.15, -0.1) is 0 Å². The van der Waals surface area contributed by atoms with Crippen LogP contribution in [0.5, 0.6) is 0 Å². The third kappa shape index (κ3) is 5.62. The highest BCUT2D eigenvalue weighted by Crippen LogP contribution is 2.71. The van der Waals surface area contributed by atoms with Gasteiger partial charge >= 0.3 is 0 Å². The number of rotatable bonds is 8. The number of carbonyl (C=O) groups excluding carboxylic acids is 1. The van der Waals surface area contributed by atoms with Crippen LogP contribution < -0.4 is 22.1 Å². The first kappa shape index (κ1) is 27.4. The smallest absolute Gasteiger partial charge is 0.228 e. The molecule has 210 valence electrons. The largest absolute Gasteiger partial charge is 0.350 e. The molecule has 1 aliphatic carbocycles. The lowest BCUT2D eigenvalue weighted by Crippen LogP contribution is -2.65. The van der Waals surface area contributed by atoms with Crippen LogP contribution in [-0.2, 0) is 4.79 Å². The quantitative estimate of drug-likeness (QED) is 0.363. The van der Waals surface area contributed by atoms with E-state index in [2.05, 4.69) is 39.3 Å². The fourth-order valence-corrected chi connectivity index (χ4v) is 8.31. The molecule has 1 amide bonds. The standard InChI is InChI=1S/C28H50FN7O/c1-3-4-8-28-14-21(33-15-19(29)13-27(28,2)18-28)24(25(30)31)26(37)34-22-16-32-9-7-23(22)36-12-11-35-10-5-6-20(35)17-36/h15,19-25,32H,3-14,16-18,30-31H2,1-2H3,(H,34,37)/t19?,20-,21?,22?,23?,24?,27?,28?/m0/s1. The third-order valence-corrected chi connectivity index (χ3v) is 10.6. The van der Waals surface area contributed by atoms with Gasteiger partial charge in [-0.3, -0.25) is 19.6 Å². The zero-order chi connectivity index (χ0) is 26.2. The molecule has 0 aromatic rings. The van der Waals surface area contributed by atoms with Gasteiger partial charge in [0.25, 0.3) is 0 Å². The van der Waals surface area contributed by atoms with Gasteiger partial charge in [-0.1, -0.05) is 26.7 Å². The molecule has 6 N–H and O–H groups in total. The molecular formula is C28H50FN7O. The van der Waals surface area contributed by atoms with Crippen LogP contribution in [0.1, 0.15) is 71.6 Å². The molecule has 0 bridgehead atoms. The van der Waals surface area contributed by atoms with Crippen molar-refractivity contribution in [1.29, 1.82) is 0 Å². The van der Waals surface area contributed by atoms with Crippen molar-refractivity contribution >= 4 is 12.1 Å². The Morgan fingerprint density at radius 1 is 1.24 bits per heavy atom. The number of nitrogens with zero attached hydrogens (tertiary/aromatic N) is 3. The lowest BCUT2D eigenvalue weighted by Gasteiger charge is -2.46. The molecule has 9 heteroatoms. The molecule has 0 radical (unpaired) electrons. The number of carbonyl (C=O) groups is 1. The Balaban J connectivity index is 1.30. The van der Waals surface area contributed by atoms with Crippen LogP contribution in [0.15, 0.2) is 4.99 Å². The summed E-state index contributed by atoms with van der Waals surface area (Å²) in [7, 11) is 0. The van der Waals surface area contributed by atoms with Crippen molar-refractivity contribution in [1.82, 2.24) is 20.4 Å². The predicted octanol–water partition coefficient (Wildman–Crippen LogP) is 1.63. The van der Waals surface area contributed by atoms with Crippen molar-refractivity contribution < 1.29 is 9.18 Å². The molecule has 0 aromatic heterocycles. The minimum absolute atomic E-state index is 0.00199. The SMILES string of the molecule is CCCCC12CC(C(C(=O)NC3CNCCC3N3CCN4CCC[C@H]4C3)C(N)N)N=CC(F)CC1(C)C2. The summed E-state index contributed by atoms with van der Waals surface area (Å²) in [6.45, 7) is 10.6. The maximum absolute atomic E-state index is 14.9. The lowest BCUT2D eigenvalue weighted by molar-refractivity contribution is -0.128. The van der Waals surface area contributed by atoms with Crippen molar-refractivity contribution in [3.05, 3.63) is 0 Å². The Morgan fingerprint density at radius 3 is 2.84 bits per heavy atom. The van der Waals surface area contributed by atoms with E-state index in [1.54, 1.807) is 0 Å². The van der Waals surface area contributed by atoms with Crippen molar-refractivity contribution in [3.63, 3.8) is 0 Å². The Bertz CT molecular complexity index is 841. The molecule has 8 nitrogen and oxygen atoms in total. The van der Waals surface area contributed by atoms with Crippen LogP contribution in [0.4, 0.5) is 4.39 Å². The van der Waals surface area contributed by atoms with Gasteiger partial charge in [0.2, 0.25) is 5.91 Å².